The molecule has 6 rings (SSSR count). The summed E-state index contributed by atoms with van der Waals surface area (Å²) < 4.78 is 54.1. The van der Waals surface area contributed by atoms with Gasteiger partial charge in [-0.2, -0.15) is 0 Å². The summed E-state index contributed by atoms with van der Waals surface area (Å²) in [6.45, 7) is 9.33. The van der Waals surface area contributed by atoms with Gasteiger partial charge in [-0.1, -0.05) is 36.4 Å². The van der Waals surface area contributed by atoms with Crippen molar-refractivity contribution in [3.8, 4) is 5.75 Å². The predicted molar refractivity (Wildman–Crippen MR) is 180 cm³/mol. The summed E-state index contributed by atoms with van der Waals surface area (Å²) in [5, 5.41) is 3.52. The van der Waals surface area contributed by atoms with E-state index in [1.165, 1.54) is 58.1 Å². The van der Waals surface area contributed by atoms with E-state index in [2.05, 4.69) is 10.2 Å². The van der Waals surface area contributed by atoms with Crippen molar-refractivity contribution in [2.45, 2.75) is 96.5 Å². The summed E-state index contributed by atoms with van der Waals surface area (Å²) in [6.07, 6.45) is 8.70. The van der Waals surface area contributed by atoms with E-state index in [1.807, 2.05) is 60.4 Å². The van der Waals surface area contributed by atoms with Gasteiger partial charge in [0.05, 0.1) is 6.04 Å². The molecule has 0 aliphatic carbocycles. The normalized spacial score (nSPS) is 22.5. The number of benzene rings is 3. The monoisotopic (exact) mass is 633 g/mol. The topological polar surface area (TPSA) is 27.7 Å². The fraction of sp³-hybridized carbons (Fsp3) is 0.538. The van der Waals surface area contributed by atoms with Crippen molar-refractivity contribution in [1.29, 1.82) is 0 Å². The molecule has 3 aliphatic rings. The van der Waals surface area contributed by atoms with Crippen LogP contribution in [0.2, 0.25) is 0 Å². The van der Waals surface area contributed by atoms with Crippen molar-refractivity contribution in [2.24, 2.45) is 5.41 Å². The van der Waals surface area contributed by atoms with Crippen LogP contribution in [0.15, 0.2) is 60.7 Å². The van der Waals surface area contributed by atoms with E-state index in [0.29, 0.717) is 29.9 Å². The molecule has 1 unspecified atom stereocenters. The summed E-state index contributed by atoms with van der Waals surface area (Å²) in [5.41, 5.74) is 2.24. The highest BCUT2D eigenvalue weighted by atomic mass is 19.1. The number of halogens is 3. The van der Waals surface area contributed by atoms with E-state index in [0.717, 1.165) is 55.7 Å². The smallest absolute Gasteiger partial charge is 0.133 e. The highest BCUT2D eigenvalue weighted by Crippen LogP contribution is 2.45. The van der Waals surface area contributed by atoms with Crippen molar-refractivity contribution in [1.82, 2.24) is 10.2 Å². The van der Waals surface area contributed by atoms with Crippen LogP contribution in [0.25, 0.3) is 0 Å². The Balaban J connectivity index is 1.29. The van der Waals surface area contributed by atoms with E-state index in [-0.39, 0.29) is 18.2 Å². The van der Waals surface area contributed by atoms with Crippen molar-refractivity contribution >= 4 is 5.69 Å². The number of anilines is 1. The summed E-state index contributed by atoms with van der Waals surface area (Å²) in [6, 6.07) is 17.9. The Morgan fingerprint density at radius 1 is 0.891 bits per heavy atom. The summed E-state index contributed by atoms with van der Waals surface area (Å²) in [4.78, 5) is 4.12. The largest absolute Gasteiger partial charge is 0.489 e. The van der Waals surface area contributed by atoms with E-state index in [4.69, 9.17) is 4.74 Å². The molecule has 3 aliphatic heterocycles. The van der Waals surface area contributed by atoms with Gasteiger partial charge in [-0.25, -0.2) is 13.2 Å². The van der Waals surface area contributed by atoms with Gasteiger partial charge in [-0.3, -0.25) is 4.90 Å². The fourth-order valence-corrected chi connectivity index (χ4v) is 8.18. The Labute approximate surface area is 273 Å². The first-order valence-corrected chi connectivity index (χ1v) is 17.3. The number of nitrogens with zero attached hydrogens (tertiary/aromatic N) is 2. The third-order valence-electron chi connectivity index (χ3n) is 10.5. The van der Waals surface area contributed by atoms with Crippen LogP contribution in [-0.4, -0.2) is 49.3 Å². The number of nitrogens with one attached hydrogen (secondary N) is 1. The first kappa shape index (κ1) is 32.9. The molecule has 7 heteroatoms. The Morgan fingerprint density at radius 3 is 2.28 bits per heavy atom. The molecule has 3 aromatic carbocycles. The van der Waals surface area contributed by atoms with E-state index < -0.39 is 23.3 Å². The minimum Gasteiger partial charge on any atom is -0.489 e. The molecule has 0 bridgehead atoms. The molecule has 1 spiro atoms. The molecule has 2 atom stereocenters. The standard InChI is InChI=1S/C39H50F3N3O/c1-28-22-30-23-32(46-26-29-10-5-4-6-11-29)12-13-33(30)37(45(28)27-38(2,3)42)36-34(40)24-31(25-35(36)41)44-20-9-16-39(17-21-44)14-7-18-43-19-8-15-39/h4-6,10-13,23-25,28,37,43H,7-9,14-22,26-27H2,1-3H3/t28-,37?/m1/s1. The first-order valence-electron chi connectivity index (χ1n) is 17.3. The zero-order valence-electron chi connectivity index (χ0n) is 27.8. The van der Waals surface area contributed by atoms with E-state index in [9.17, 15) is 0 Å². The number of hydrogen-bond acceptors (Lipinski definition) is 4. The van der Waals surface area contributed by atoms with Crippen LogP contribution in [0.1, 0.15) is 94.0 Å². The molecular formula is C39H50F3N3O. The highest BCUT2D eigenvalue weighted by Gasteiger charge is 2.40. The second-order valence-corrected chi connectivity index (χ2v) is 14.6. The molecule has 46 heavy (non-hydrogen) atoms. The lowest BCUT2D eigenvalue weighted by Crippen LogP contribution is -2.48. The van der Waals surface area contributed by atoms with Crippen molar-refractivity contribution in [3.63, 3.8) is 0 Å². The minimum atomic E-state index is -1.54. The number of rotatable bonds is 7. The van der Waals surface area contributed by atoms with Gasteiger partial charge in [0, 0.05) is 36.9 Å². The van der Waals surface area contributed by atoms with Gasteiger partial charge in [0.15, 0.2) is 0 Å². The summed E-state index contributed by atoms with van der Waals surface area (Å²) in [7, 11) is 0. The van der Waals surface area contributed by atoms with Crippen molar-refractivity contribution < 1.29 is 17.9 Å². The van der Waals surface area contributed by atoms with Crippen LogP contribution in [0.3, 0.4) is 0 Å². The summed E-state index contributed by atoms with van der Waals surface area (Å²) >= 11 is 0. The predicted octanol–water partition coefficient (Wildman–Crippen LogP) is 8.77. The van der Waals surface area contributed by atoms with Crippen LogP contribution in [-0.2, 0) is 13.0 Å². The SMILES string of the molecule is C[C@@H]1Cc2cc(OCc3ccccc3)ccc2C(c2c(F)cc(N3CCCC4(CCCNCCC4)CC3)cc2F)N1CC(C)(C)F. The fourth-order valence-electron chi connectivity index (χ4n) is 8.18. The van der Waals surface area contributed by atoms with Crippen molar-refractivity contribution in [2.75, 3.05) is 37.6 Å². The average molecular weight is 634 g/mol. The van der Waals surface area contributed by atoms with Crippen LogP contribution >= 0.6 is 0 Å². The molecule has 2 fully saturated rings. The maximum Gasteiger partial charge on any atom is 0.133 e. The lowest BCUT2D eigenvalue weighted by Gasteiger charge is -2.44. The molecule has 1 N–H and O–H groups in total. The lowest BCUT2D eigenvalue weighted by molar-refractivity contribution is 0.0652. The molecule has 3 aromatic rings. The van der Waals surface area contributed by atoms with Gasteiger partial charge < -0.3 is 15.0 Å². The van der Waals surface area contributed by atoms with E-state index in [1.54, 1.807) is 0 Å². The van der Waals surface area contributed by atoms with E-state index >= 15 is 13.2 Å². The maximum atomic E-state index is 16.4. The number of fused-ring (bicyclic) bond motifs is 1. The quantitative estimate of drug-likeness (QED) is 0.282. The third kappa shape index (κ3) is 7.57. The van der Waals surface area contributed by atoms with Crippen LogP contribution in [0, 0.1) is 17.0 Å². The molecule has 4 nitrogen and oxygen atoms in total. The average Bonchev–Trinajstić information content (AvgIpc) is 3.22. The molecule has 3 heterocycles. The number of alkyl halides is 1. The van der Waals surface area contributed by atoms with Crippen LogP contribution in [0.5, 0.6) is 5.75 Å². The van der Waals surface area contributed by atoms with Gasteiger partial charge in [-0.15, -0.1) is 0 Å². The zero-order chi connectivity index (χ0) is 32.3. The molecule has 248 valence electrons. The Kier molecular flexibility index (Phi) is 10.0. The lowest BCUT2D eigenvalue weighted by atomic mass is 9.73. The second-order valence-electron chi connectivity index (χ2n) is 14.6. The van der Waals surface area contributed by atoms with Gasteiger partial charge in [0.1, 0.15) is 29.7 Å². The van der Waals surface area contributed by atoms with Crippen LogP contribution in [0.4, 0.5) is 18.9 Å². The van der Waals surface area contributed by atoms with Crippen LogP contribution < -0.4 is 15.0 Å². The van der Waals surface area contributed by atoms with Gasteiger partial charge in [-0.05, 0) is 132 Å². The Hall–Kier alpha value is -3.03. The molecule has 0 amide bonds. The Morgan fingerprint density at radius 2 is 1.59 bits per heavy atom. The third-order valence-corrected chi connectivity index (χ3v) is 10.5. The minimum absolute atomic E-state index is 0.00226. The van der Waals surface area contributed by atoms with Gasteiger partial charge >= 0.3 is 0 Å². The molecule has 0 radical (unpaired) electrons. The summed E-state index contributed by atoms with van der Waals surface area (Å²) in [5.74, 6) is -0.423. The maximum absolute atomic E-state index is 16.4. The van der Waals surface area contributed by atoms with Crippen molar-refractivity contribution in [3.05, 3.63) is 94.6 Å². The van der Waals surface area contributed by atoms with Gasteiger partial charge in [0.25, 0.3) is 0 Å². The molecule has 0 aromatic heterocycles. The number of hydrogen-bond donors (Lipinski definition) is 1. The Bertz CT molecular complexity index is 1440. The zero-order valence-corrected chi connectivity index (χ0v) is 27.8. The first-order chi connectivity index (χ1) is 22.1. The second kappa shape index (κ2) is 14.0. The highest BCUT2D eigenvalue weighted by molar-refractivity contribution is 5.52. The molecule has 2 saturated heterocycles. The number of ether oxygens (including phenoxy) is 1. The van der Waals surface area contributed by atoms with Gasteiger partial charge in [0.2, 0.25) is 0 Å². The molecule has 0 saturated carbocycles. The molecular weight excluding hydrogens is 583 g/mol.